The van der Waals surface area contributed by atoms with E-state index >= 15 is 0 Å². The van der Waals surface area contributed by atoms with E-state index in [9.17, 15) is 70.2 Å². The van der Waals surface area contributed by atoms with Gasteiger partial charge < -0.3 is 119 Å². The molecule has 70 heavy (non-hydrogen) atoms. The van der Waals surface area contributed by atoms with Crippen LogP contribution < -0.4 is 10.6 Å². The molecule has 4 fully saturated rings. The van der Waals surface area contributed by atoms with Gasteiger partial charge in [-0.2, -0.15) is 0 Å². The highest BCUT2D eigenvalue weighted by molar-refractivity contribution is 5.74. The maximum atomic E-state index is 12.0. The number of amides is 2. The maximum absolute atomic E-state index is 12.0. The summed E-state index contributed by atoms with van der Waals surface area (Å²) in [4.78, 5) is 47.7. The van der Waals surface area contributed by atoms with Gasteiger partial charge in [-0.25, -0.2) is 9.59 Å². The molecule has 0 bridgehead atoms. The van der Waals surface area contributed by atoms with E-state index in [-0.39, 0.29) is 52.9 Å². The lowest BCUT2D eigenvalue weighted by molar-refractivity contribution is -0.328. The van der Waals surface area contributed by atoms with Crippen LogP contribution in [-0.2, 0) is 76.0 Å². The Bertz CT molecular complexity index is 1510. The summed E-state index contributed by atoms with van der Waals surface area (Å²) in [6, 6.07) is -2.02. The third-order valence-electron chi connectivity index (χ3n) is 12.0. The number of aliphatic carboxylic acids is 2. The molecule has 4 saturated heterocycles. The molecule has 28 heteroatoms. The average molecular weight is 1020 g/mol. The molecule has 12 N–H and O–H groups in total. The van der Waals surface area contributed by atoms with Gasteiger partial charge in [0.05, 0.1) is 63.9 Å². The summed E-state index contributed by atoms with van der Waals surface area (Å²) in [6.45, 7) is 4.87. The van der Waals surface area contributed by atoms with Gasteiger partial charge in [0, 0.05) is 41.3 Å². The van der Waals surface area contributed by atoms with Crippen LogP contribution in [0.5, 0.6) is 0 Å². The summed E-state index contributed by atoms with van der Waals surface area (Å²) in [5.41, 5.74) is 0. The number of aliphatic hydroxyl groups excluding tert-OH is 8. The first-order valence-electron chi connectivity index (χ1n) is 22.8. The number of carbonyl (C=O) groups excluding carboxylic acids is 2. The average Bonchev–Trinajstić information content (AvgIpc) is 3.29. The fraction of sp³-hybridized carbons (Fsp3) is 0.905. The Hall–Kier alpha value is -2.92. The number of rotatable bonds is 27. The van der Waals surface area contributed by atoms with E-state index in [0.717, 1.165) is 14.2 Å². The van der Waals surface area contributed by atoms with E-state index in [1.165, 1.54) is 13.8 Å². The van der Waals surface area contributed by atoms with Crippen LogP contribution in [-0.4, -0.2) is 276 Å². The summed E-state index contributed by atoms with van der Waals surface area (Å²) in [5, 5.41) is 110. The van der Waals surface area contributed by atoms with Crippen molar-refractivity contribution in [3.63, 3.8) is 0 Å². The highest BCUT2D eigenvalue weighted by Gasteiger charge is 2.54. The van der Waals surface area contributed by atoms with Crippen LogP contribution in [0.1, 0.15) is 40.5 Å². The van der Waals surface area contributed by atoms with E-state index in [1.54, 1.807) is 13.8 Å². The van der Waals surface area contributed by atoms with Gasteiger partial charge in [0.15, 0.2) is 24.8 Å². The summed E-state index contributed by atoms with van der Waals surface area (Å²) in [7, 11) is 2.27. The minimum Gasteiger partial charge on any atom is -0.479 e. The number of unbranched alkanes of at least 4 members (excludes halogenated alkanes) is 1. The van der Waals surface area contributed by atoms with E-state index in [4.69, 9.17) is 56.8 Å². The lowest BCUT2D eigenvalue weighted by Gasteiger charge is -2.47. The van der Waals surface area contributed by atoms with Gasteiger partial charge in [0.2, 0.25) is 11.8 Å². The van der Waals surface area contributed by atoms with Crippen LogP contribution in [0, 0.1) is 0 Å². The van der Waals surface area contributed by atoms with Gasteiger partial charge in [-0.15, -0.1) is 0 Å². The zero-order chi connectivity index (χ0) is 52.0. The summed E-state index contributed by atoms with van der Waals surface area (Å²) in [5.74, 6) is -4.01. The molecular formula is C42H72N2O26. The summed E-state index contributed by atoms with van der Waals surface area (Å²) < 4.78 is 66.5. The van der Waals surface area contributed by atoms with Crippen molar-refractivity contribution < 1.29 is 127 Å². The SMILES string of the molecule is CO[C@@H]1C(C(=O)O)O[C@@H](OC2[C@H](O)C(COCC(O)COCCCCOCC(O)COCC3O[C@@H](C)C(NC(C)=O)[C@H](O[C@@H]4OC(C(=O)O)[C@@H](OC)[C@@H](O)C4O)[C@@H]3O)O[C@@H](C)[C@H]2NC(C)=O)C(O)C1O. The third-order valence-corrected chi connectivity index (χ3v) is 12.0. The van der Waals surface area contributed by atoms with Gasteiger partial charge in [-0.1, -0.05) is 0 Å². The molecule has 11 unspecified atom stereocenters. The molecule has 0 aliphatic carbocycles. The van der Waals surface area contributed by atoms with Crippen molar-refractivity contribution in [1.29, 1.82) is 0 Å². The zero-order valence-electron chi connectivity index (χ0n) is 39.8. The number of ether oxygens (including phenoxy) is 12. The van der Waals surface area contributed by atoms with E-state index in [1.807, 2.05) is 0 Å². The van der Waals surface area contributed by atoms with E-state index < -0.39 is 158 Å². The predicted octanol–water partition coefficient (Wildman–Crippen LogP) is -6.28. The first-order valence-corrected chi connectivity index (χ1v) is 22.8. The Balaban J connectivity index is 1.13. The molecule has 4 aliphatic heterocycles. The second kappa shape index (κ2) is 28.5. The predicted molar refractivity (Wildman–Crippen MR) is 228 cm³/mol. The van der Waals surface area contributed by atoms with Gasteiger partial charge in [-0.05, 0) is 26.7 Å². The molecular weight excluding hydrogens is 948 g/mol. The smallest absolute Gasteiger partial charge is 0.335 e. The Morgan fingerprint density at radius 3 is 1.17 bits per heavy atom. The first kappa shape index (κ1) is 59.6. The third kappa shape index (κ3) is 16.3. The fourth-order valence-electron chi connectivity index (χ4n) is 8.45. The number of methoxy groups -OCH3 is 2. The molecule has 406 valence electrons. The van der Waals surface area contributed by atoms with Crippen molar-refractivity contribution in [2.75, 3.05) is 67.1 Å². The lowest BCUT2D eigenvalue weighted by atomic mass is 9.92. The topological polar surface area (TPSA) is 405 Å². The monoisotopic (exact) mass is 1020 g/mol. The maximum Gasteiger partial charge on any atom is 0.335 e. The Morgan fingerprint density at radius 2 is 0.857 bits per heavy atom. The molecule has 0 saturated carbocycles. The van der Waals surface area contributed by atoms with Crippen LogP contribution in [0.2, 0.25) is 0 Å². The minimum absolute atomic E-state index is 0.109. The van der Waals surface area contributed by atoms with Crippen LogP contribution in [0.3, 0.4) is 0 Å². The number of hydrogen-bond acceptors (Lipinski definition) is 24. The Morgan fingerprint density at radius 1 is 0.514 bits per heavy atom. The minimum atomic E-state index is -1.80. The van der Waals surface area contributed by atoms with E-state index in [2.05, 4.69) is 10.6 Å². The Labute approximate surface area is 403 Å². The lowest BCUT2D eigenvalue weighted by Crippen LogP contribution is -2.67. The van der Waals surface area contributed by atoms with Crippen molar-refractivity contribution in [2.45, 2.75) is 175 Å². The van der Waals surface area contributed by atoms with Crippen molar-refractivity contribution in [2.24, 2.45) is 0 Å². The molecule has 4 heterocycles. The van der Waals surface area contributed by atoms with Crippen LogP contribution in [0.4, 0.5) is 0 Å². The van der Waals surface area contributed by atoms with Gasteiger partial charge in [0.1, 0.15) is 85.5 Å². The largest absolute Gasteiger partial charge is 0.479 e. The molecule has 28 nitrogen and oxygen atoms in total. The number of hydrogen-bond donors (Lipinski definition) is 12. The molecule has 0 aromatic heterocycles. The number of carboxylic acid groups (broad SMARTS) is 2. The summed E-state index contributed by atoms with van der Waals surface area (Å²) >= 11 is 0. The van der Waals surface area contributed by atoms with Crippen LogP contribution in [0.25, 0.3) is 0 Å². The number of carboxylic acids is 2. The molecule has 0 aromatic carbocycles. The first-order chi connectivity index (χ1) is 33.1. The standard InChI is InChI=1S/C42H72N2O26/c1-17-25(43-19(3)45)33(67-41-31(53)29(51)35(59-5)37(69-41)39(55)56)27(49)23(65-17)15-63-13-21(47)11-61-9-7-8-10-62-12-22(48)14-64-16-24-28(50)34(26(18(2)66-24)44-20(4)46)68-42-32(54)30(52)36(60-6)38(70-42)40(57)58/h17-18,21-38,41-42,47-54H,7-16H2,1-6H3,(H,43,45)(H,44,46)(H,55,56)(H,57,58)/t17-,18-,21?,22?,23?,24?,25+,26?,27+,28+,29?,30-,31?,32?,33?,34-,35-,36-,37?,38?,41+,42+/m0/s1. The van der Waals surface area contributed by atoms with Crippen molar-refractivity contribution in [3.05, 3.63) is 0 Å². The molecule has 0 radical (unpaired) electrons. The van der Waals surface area contributed by atoms with Gasteiger partial charge >= 0.3 is 11.9 Å². The molecule has 4 rings (SSSR count). The van der Waals surface area contributed by atoms with Crippen LogP contribution >= 0.6 is 0 Å². The van der Waals surface area contributed by atoms with Gasteiger partial charge in [-0.3, -0.25) is 9.59 Å². The molecule has 22 atom stereocenters. The second-order valence-corrected chi connectivity index (χ2v) is 17.5. The van der Waals surface area contributed by atoms with Crippen LogP contribution in [0.15, 0.2) is 0 Å². The van der Waals surface area contributed by atoms with Crippen molar-refractivity contribution in [1.82, 2.24) is 10.6 Å². The van der Waals surface area contributed by atoms with E-state index in [0.29, 0.717) is 12.8 Å². The Kier molecular flexibility index (Phi) is 24.3. The van der Waals surface area contributed by atoms with Crippen molar-refractivity contribution >= 4 is 23.8 Å². The molecule has 0 spiro atoms. The quantitative estimate of drug-likeness (QED) is 0.0341. The molecule has 4 aliphatic rings. The van der Waals surface area contributed by atoms with Gasteiger partial charge in [0.25, 0.3) is 0 Å². The summed E-state index contributed by atoms with van der Waals surface area (Å²) in [6.07, 6.45) is -27.6. The highest BCUT2D eigenvalue weighted by atomic mass is 16.7. The molecule has 2 amide bonds. The number of nitrogens with one attached hydrogen (secondary N) is 2. The highest BCUT2D eigenvalue weighted by Crippen LogP contribution is 2.32. The second-order valence-electron chi connectivity index (χ2n) is 17.5. The number of carbonyl (C=O) groups is 4. The van der Waals surface area contributed by atoms with Crippen molar-refractivity contribution in [3.8, 4) is 0 Å². The normalized spacial score (nSPS) is 38.9. The zero-order valence-corrected chi connectivity index (χ0v) is 39.8. The number of aliphatic hydroxyl groups is 8. The molecule has 0 aromatic rings. The fourth-order valence-corrected chi connectivity index (χ4v) is 8.45.